The van der Waals surface area contributed by atoms with E-state index in [4.69, 9.17) is 0 Å². The van der Waals surface area contributed by atoms with Crippen LogP contribution in [-0.2, 0) is 0 Å². The van der Waals surface area contributed by atoms with Crippen molar-refractivity contribution in [2.24, 2.45) is 5.92 Å². The van der Waals surface area contributed by atoms with Crippen LogP contribution >= 0.6 is 0 Å². The lowest BCUT2D eigenvalue weighted by molar-refractivity contribution is 0.511. The van der Waals surface area contributed by atoms with Crippen molar-refractivity contribution in [2.75, 3.05) is 19.6 Å². The maximum Gasteiger partial charge on any atom is 0.00683 e. The minimum atomic E-state index is 0.889. The van der Waals surface area contributed by atoms with E-state index in [1.165, 1.54) is 38.9 Å². The van der Waals surface area contributed by atoms with Gasteiger partial charge in [-0.3, -0.25) is 0 Å². The molecule has 0 bridgehead atoms. The molecule has 0 amide bonds. The smallest absolute Gasteiger partial charge is 0.00683 e. The molecule has 1 saturated heterocycles. The summed E-state index contributed by atoms with van der Waals surface area (Å²) in [5.74, 6) is 0.917. The molecule has 0 aromatic carbocycles. The van der Waals surface area contributed by atoms with Gasteiger partial charge in [-0.25, -0.2) is 0 Å². The Morgan fingerprint density at radius 2 is 2.20 bits per heavy atom. The van der Waals surface area contributed by atoms with Crippen molar-refractivity contribution in [3.63, 3.8) is 0 Å². The predicted octanol–water partition coefficient (Wildman–Crippen LogP) is 0.348. The topological polar surface area (TPSA) is 24.1 Å². The summed E-state index contributed by atoms with van der Waals surface area (Å²) in [7, 11) is 0. The van der Waals surface area contributed by atoms with E-state index < -0.39 is 0 Å². The zero-order valence-electron chi connectivity index (χ0n) is 6.40. The van der Waals surface area contributed by atoms with Crippen LogP contribution in [-0.4, -0.2) is 25.7 Å². The van der Waals surface area contributed by atoms with E-state index in [0.29, 0.717) is 0 Å². The molecule has 1 aliphatic heterocycles. The zero-order chi connectivity index (χ0) is 6.81. The van der Waals surface area contributed by atoms with Gasteiger partial charge in [0.2, 0.25) is 0 Å². The maximum atomic E-state index is 3.56. The van der Waals surface area contributed by atoms with Crippen molar-refractivity contribution in [3.8, 4) is 0 Å². The summed E-state index contributed by atoms with van der Waals surface area (Å²) in [5.41, 5.74) is 0. The van der Waals surface area contributed by atoms with Crippen LogP contribution in [0.4, 0.5) is 0 Å². The van der Waals surface area contributed by atoms with Crippen LogP contribution in [0.3, 0.4) is 0 Å². The molecule has 0 radical (unpaired) electrons. The summed E-state index contributed by atoms with van der Waals surface area (Å²) >= 11 is 0. The van der Waals surface area contributed by atoms with Gasteiger partial charge in [0.05, 0.1) is 0 Å². The van der Waals surface area contributed by atoms with Gasteiger partial charge in [0.15, 0.2) is 0 Å². The molecule has 1 heterocycles. The van der Waals surface area contributed by atoms with Gasteiger partial charge in [0.25, 0.3) is 0 Å². The average molecular weight is 140 g/mol. The molecule has 2 rings (SSSR count). The molecule has 1 atom stereocenters. The highest BCUT2D eigenvalue weighted by atomic mass is 15.0. The van der Waals surface area contributed by atoms with E-state index >= 15 is 0 Å². The van der Waals surface area contributed by atoms with Crippen LogP contribution in [0.5, 0.6) is 0 Å². The van der Waals surface area contributed by atoms with E-state index in [2.05, 4.69) is 10.6 Å². The van der Waals surface area contributed by atoms with Gasteiger partial charge in [-0.2, -0.15) is 0 Å². The fourth-order valence-electron chi connectivity index (χ4n) is 1.51. The summed E-state index contributed by atoms with van der Waals surface area (Å²) in [6.45, 7) is 3.72. The van der Waals surface area contributed by atoms with E-state index in [1.54, 1.807) is 0 Å². The summed E-state index contributed by atoms with van der Waals surface area (Å²) in [4.78, 5) is 0. The lowest BCUT2D eigenvalue weighted by Crippen LogP contribution is -2.25. The molecular weight excluding hydrogens is 124 g/mol. The van der Waals surface area contributed by atoms with Crippen LogP contribution in [0, 0.1) is 5.92 Å². The zero-order valence-corrected chi connectivity index (χ0v) is 6.40. The molecule has 2 heteroatoms. The minimum Gasteiger partial charge on any atom is -0.316 e. The van der Waals surface area contributed by atoms with Crippen LogP contribution < -0.4 is 10.6 Å². The van der Waals surface area contributed by atoms with Crippen LogP contribution in [0.15, 0.2) is 0 Å². The Bertz CT molecular complexity index is 104. The van der Waals surface area contributed by atoms with E-state index in [-0.39, 0.29) is 0 Å². The average Bonchev–Trinajstić information content (AvgIpc) is 2.63. The third-order valence-corrected chi connectivity index (χ3v) is 2.43. The molecular formula is C8H16N2. The highest BCUT2D eigenvalue weighted by Gasteiger charge is 2.22. The highest BCUT2D eigenvalue weighted by molar-refractivity contribution is 4.83. The molecule has 2 nitrogen and oxygen atoms in total. The van der Waals surface area contributed by atoms with Crippen molar-refractivity contribution in [1.29, 1.82) is 0 Å². The normalized spacial score (nSPS) is 33.0. The lowest BCUT2D eigenvalue weighted by Gasteiger charge is -2.07. The molecule has 2 fully saturated rings. The van der Waals surface area contributed by atoms with Crippen molar-refractivity contribution in [1.82, 2.24) is 10.6 Å². The van der Waals surface area contributed by atoms with Gasteiger partial charge in [-0.1, -0.05) is 0 Å². The van der Waals surface area contributed by atoms with Crippen molar-refractivity contribution < 1.29 is 0 Å². The quantitative estimate of drug-likeness (QED) is 0.591. The van der Waals surface area contributed by atoms with E-state index in [9.17, 15) is 0 Å². The van der Waals surface area contributed by atoms with Gasteiger partial charge in [0.1, 0.15) is 0 Å². The van der Waals surface area contributed by atoms with Gasteiger partial charge >= 0.3 is 0 Å². The second-order valence-corrected chi connectivity index (χ2v) is 3.54. The van der Waals surface area contributed by atoms with Crippen LogP contribution in [0.25, 0.3) is 0 Å². The Balaban J connectivity index is 1.59. The van der Waals surface area contributed by atoms with Crippen LogP contribution in [0.2, 0.25) is 0 Å². The third-order valence-electron chi connectivity index (χ3n) is 2.43. The van der Waals surface area contributed by atoms with Gasteiger partial charge < -0.3 is 10.6 Å². The Hall–Kier alpha value is -0.0800. The van der Waals surface area contributed by atoms with Gasteiger partial charge in [0, 0.05) is 6.04 Å². The number of hydrogen-bond donors (Lipinski definition) is 2. The lowest BCUT2D eigenvalue weighted by atomic mass is 10.1. The molecule has 0 aromatic rings. The standard InChI is InChI=1S/C8H16N2/c1-2-8(1)10-6-7-3-4-9-5-7/h7-10H,1-6H2/t7-/m1/s1. The summed E-state index contributed by atoms with van der Waals surface area (Å²) in [6, 6.07) is 0.889. The van der Waals surface area contributed by atoms with Gasteiger partial charge in [-0.05, 0) is 44.8 Å². The minimum absolute atomic E-state index is 0.889. The fourth-order valence-corrected chi connectivity index (χ4v) is 1.51. The second kappa shape index (κ2) is 2.89. The highest BCUT2D eigenvalue weighted by Crippen LogP contribution is 2.19. The molecule has 2 N–H and O–H groups in total. The first kappa shape index (κ1) is 6.62. The first-order valence-electron chi connectivity index (χ1n) is 4.39. The Morgan fingerprint density at radius 1 is 1.30 bits per heavy atom. The predicted molar refractivity (Wildman–Crippen MR) is 42.0 cm³/mol. The molecule has 1 aliphatic carbocycles. The van der Waals surface area contributed by atoms with Crippen LogP contribution in [0.1, 0.15) is 19.3 Å². The molecule has 0 unspecified atom stereocenters. The number of rotatable bonds is 3. The Morgan fingerprint density at radius 3 is 2.80 bits per heavy atom. The second-order valence-electron chi connectivity index (χ2n) is 3.54. The first-order chi connectivity index (χ1) is 4.95. The van der Waals surface area contributed by atoms with Gasteiger partial charge in [-0.15, -0.1) is 0 Å². The van der Waals surface area contributed by atoms with E-state index in [0.717, 1.165) is 12.0 Å². The van der Waals surface area contributed by atoms with E-state index in [1.807, 2.05) is 0 Å². The summed E-state index contributed by atoms with van der Waals surface area (Å²) in [6.07, 6.45) is 4.21. The maximum absolute atomic E-state index is 3.56. The van der Waals surface area contributed by atoms with Crippen molar-refractivity contribution >= 4 is 0 Å². The van der Waals surface area contributed by atoms with Crippen molar-refractivity contribution in [2.45, 2.75) is 25.3 Å². The first-order valence-corrected chi connectivity index (χ1v) is 4.39. The fraction of sp³-hybridized carbons (Fsp3) is 1.00. The SMILES string of the molecule is C1C[C@@H](CNC2CC2)CN1. The monoisotopic (exact) mass is 140 g/mol. The molecule has 10 heavy (non-hydrogen) atoms. The molecule has 0 aromatic heterocycles. The number of hydrogen-bond acceptors (Lipinski definition) is 2. The summed E-state index contributed by atoms with van der Waals surface area (Å²) < 4.78 is 0. The van der Waals surface area contributed by atoms with Crippen molar-refractivity contribution in [3.05, 3.63) is 0 Å². The number of nitrogens with one attached hydrogen (secondary N) is 2. The Kier molecular flexibility index (Phi) is 1.91. The largest absolute Gasteiger partial charge is 0.316 e. The molecule has 0 spiro atoms. The Labute approximate surface area is 62.4 Å². The summed E-state index contributed by atoms with van der Waals surface area (Å²) in [5, 5.41) is 6.93. The molecule has 58 valence electrons. The molecule has 1 saturated carbocycles. The molecule has 2 aliphatic rings. The third kappa shape index (κ3) is 1.70.